The summed E-state index contributed by atoms with van der Waals surface area (Å²) in [5.74, 6) is 0.670. The first-order valence-electron chi connectivity index (χ1n) is 6.33. The lowest BCUT2D eigenvalue weighted by molar-refractivity contribution is 0.0954. The highest BCUT2D eigenvalue weighted by atomic mass is 32.1. The fourth-order valence-corrected chi connectivity index (χ4v) is 2.29. The molecule has 1 heterocycles. The molecule has 0 fully saturated rings. The molecule has 7 nitrogen and oxygen atoms in total. The van der Waals surface area contributed by atoms with Crippen LogP contribution in [-0.4, -0.2) is 30.8 Å². The minimum atomic E-state index is -0.358. The Morgan fingerprint density at radius 2 is 2.05 bits per heavy atom. The van der Waals surface area contributed by atoms with E-state index in [9.17, 15) is 4.79 Å². The number of hydrogen-bond acceptors (Lipinski definition) is 7. The van der Waals surface area contributed by atoms with Crippen molar-refractivity contribution >= 4 is 28.1 Å². The fraction of sp³-hybridized carbons (Fsp3) is 0.214. The Morgan fingerprint density at radius 1 is 1.32 bits per heavy atom. The van der Waals surface area contributed by atoms with Crippen LogP contribution in [0.15, 0.2) is 28.7 Å². The Kier molecular flexibility index (Phi) is 4.95. The van der Waals surface area contributed by atoms with Gasteiger partial charge >= 0.3 is 0 Å². The van der Waals surface area contributed by atoms with Crippen molar-refractivity contribution in [1.29, 1.82) is 0 Å². The molecule has 0 aliphatic heterocycles. The Bertz CT molecular complexity index is 712. The lowest BCUT2D eigenvalue weighted by Crippen LogP contribution is -2.19. The standard InChI is InChI=1S/C14H16N4O3S/c1-8(10-7-22-14(15)16-10)17-18-13(19)9-4-5-11(20-2)12(6-9)21-3/h4-7H,1-3H3,(H2,15,16)(H,18,19). The number of ether oxygens (including phenoxy) is 2. The Morgan fingerprint density at radius 3 is 2.64 bits per heavy atom. The van der Waals surface area contributed by atoms with E-state index in [4.69, 9.17) is 15.2 Å². The average molecular weight is 320 g/mol. The van der Waals surface area contributed by atoms with E-state index < -0.39 is 0 Å². The molecular formula is C14H16N4O3S. The van der Waals surface area contributed by atoms with Crippen LogP contribution in [0.5, 0.6) is 11.5 Å². The van der Waals surface area contributed by atoms with E-state index in [-0.39, 0.29) is 5.91 Å². The molecule has 0 atom stereocenters. The van der Waals surface area contributed by atoms with Gasteiger partial charge in [0.05, 0.1) is 25.6 Å². The number of thiazole rings is 1. The molecule has 0 radical (unpaired) electrons. The van der Waals surface area contributed by atoms with Gasteiger partial charge in [0.1, 0.15) is 0 Å². The molecule has 3 N–H and O–H groups in total. The topological polar surface area (TPSA) is 98.8 Å². The van der Waals surface area contributed by atoms with Crippen molar-refractivity contribution in [1.82, 2.24) is 10.4 Å². The normalized spacial score (nSPS) is 11.1. The number of nitrogen functional groups attached to an aromatic ring is 1. The molecule has 0 saturated heterocycles. The summed E-state index contributed by atoms with van der Waals surface area (Å²) >= 11 is 1.32. The summed E-state index contributed by atoms with van der Waals surface area (Å²) in [6, 6.07) is 4.87. The lowest BCUT2D eigenvalue weighted by atomic mass is 10.2. The molecular weight excluding hydrogens is 304 g/mol. The maximum atomic E-state index is 12.1. The predicted molar refractivity (Wildman–Crippen MR) is 85.7 cm³/mol. The van der Waals surface area contributed by atoms with Crippen LogP contribution in [0.4, 0.5) is 5.13 Å². The first kappa shape index (κ1) is 15.8. The van der Waals surface area contributed by atoms with Crippen LogP contribution in [0.25, 0.3) is 0 Å². The number of amides is 1. The second-order valence-corrected chi connectivity index (χ2v) is 5.17. The van der Waals surface area contributed by atoms with E-state index in [1.807, 2.05) is 0 Å². The number of hydrazone groups is 1. The molecule has 1 aromatic heterocycles. The van der Waals surface area contributed by atoms with E-state index in [0.717, 1.165) is 0 Å². The van der Waals surface area contributed by atoms with Crippen LogP contribution in [-0.2, 0) is 0 Å². The van der Waals surface area contributed by atoms with Crippen LogP contribution >= 0.6 is 11.3 Å². The maximum Gasteiger partial charge on any atom is 0.271 e. The number of aromatic nitrogens is 1. The maximum absolute atomic E-state index is 12.1. The van der Waals surface area contributed by atoms with Gasteiger partial charge in [-0.1, -0.05) is 0 Å². The van der Waals surface area contributed by atoms with Crippen LogP contribution in [0, 0.1) is 0 Å². The van der Waals surface area contributed by atoms with Crippen molar-refractivity contribution in [3.05, 3.63) is 34.8 Å². The van der Waals surface area contributed by atoms with Gasteiger partial charge in [0, 0.05) is 10.9 Å². The van der Waals surface area contributed by atoms with Crippen molar-refractivity contribution in [3.63, 3.8) is 0 Å². The number of hydrogen-bond donors (Lipinski definition) is 2. The molecule has 1 aromatic carbocycles. The van der Waals surface area contributed by atoms with Gasteiger partial charge in [0.15, 0.2) is 16.6 Å². The quantitative estimate of drug-likeness (QED) is 0.647. The number of benzene rings is 1. The van der Waals surface area contributed by atoms with E-state index in [1.165, 1.54) is 25.6 Å². The zero-order chi connectivity index (χ0) is 16.1. The summed E-state index contributed by atoms with van der Waals surface area (Å²) in [5, 5.41) is 6.24. The number of anilines is 1. The third kappa shape index (κ3) is 3.53. The molecule has 22 heavy (non-hydrogen) atoms. The number of methoxy groups -OCH3 is 2. The van der Waals surface area contributed by atoms with Gasteiger partial charge in [-0.25, -0.2) is 10.4 Å². The van der Waals surface area contributed by atoms with Gasteiger partial charge in [-0.05, 0) is 25.1 Å². The molecule has 0 aliphatic rings. The largest absolute Gasteiger partial charge is 0.493 e. The third-order valence-electron chi connectivity index (χ3n) is 2.86. The van der Waals surface area contributed by atoms with Crippen molar-refractivity contribution in [3.8, 4) is 11.5 Å². The van der Waals surface area contributed by atoms with Gasteiger partial charge in [-0.3, -0.25) is 4.79 Å². The highest BCUT2D eigenvalue weighted by Gasteiger charge is 2.10. The summed E-state index contributed by atoms with van der Waals surface area (Å²) in [5.41, 5.74) is 9.65. The summed E-state index contributed by atoms with van der Waals surface area (Å²) in [6.07, 6.45) is 0. The summed E-state index contributed by atoms with van der Waals surface area (Å²) in [4.78, 5) is 16.2. The minimum Gasteiger partial charge on any atom is -0.493 e. The van der Waals surface area contributed by atoms with E-state index in [2.05, 4.69) is 15.5 Å². The Labute approximate surface area is 131 Å². The van der Waals surface area contributed by atoms with Gasteiger partial charge < -0.3 is 15.2 Å². The Hall–Kier alpha value is -2.61. The number of carbonyl (C=O) groups is 1. The van der Waals surface area contributed by atoms with Gasteiger partial charge in [0.2, 0.25) is 0 Å². The van der Waals surface area contributed by atoms with E-state index in [0.29, 0.717) is 33.6 Å². The SMILES string of the molecule is COc1ccc(C(=O)NN=C(C)c2csc(N)n2)cc1OC. The molecule has 0 aliphatic carbocycles. The third-order valence-corrected chi connectivity index (χ3v) is 3.54. The van der Waals surface area contributed by atoms with Crippen molar-refractivity contribution in [2.24, 2.45) is 5.10 Å². The molecule has 0 spiro atoms. The highest BCUT2D eigenvalue weighted by Crippen LogP contribution is 2.27. The monoisotopic (exact) mass is 320 g/mol. The van der Waals surface area contributed by atoms with Crippen LogP contribution in [0.2, 0.25) is 0 Å². The molecule has 1 amide bonds. The second kappa shape index (κ2) is 6.90. The van der Waals surface area contributed by atoms with E-state index in [1.54, 1.807) is 30.5 Å². The molecule has 2 aromatic rings. The molecule has 0 saturated carbocycles. The van der Waals surface area contributed by atoms with E-state index >= 15 is 0 Å². The predicted octanol–water partition coefficient (Wildman–Crippen LogP) is 1.90. The van der Waals surface area contributed by atoms with Gasteiger partial charge in [-0.15, -0.1) is 11.3 Å². The van der Waals surface area contributed by atoms with Crippen LogP contribution in [0.1, 0.15) is 23.0 Å². The Balaban J connectivity index is 2.12. The first-order valence-corrected chi connectivity index (χ1v) is 7.21. The average Bonchev–Trinajstić information content (AvgIpc) is 2.98. The number of nitrogens with one attached hydrogen (secondary N) is 1. The molecule has 0 unspecified atom stereocenters. The van der Waals surface area contributed by atoms with Crippen molar-refractivity contribution < 1.29 is 14.3 Å². The lowest BCUT2D eigenvalue weighted by Gasteiger charge is -2.08. The zero-order valence-corrected chi connectivity index (χ0v) is 13.2. The van der Waals surface area contributed by atoms with Crippen molar-refractivity contribution in [2.75, 3.05) is 20.0 Å². The fourth-order valence-electron chi connectivity index (χ4n) is 1.69. The molecule has 116 valence electrons. The molecule has 0 bridgehead atoms. The highest BCUT2D eigenvalue weighted by molar-refractivity contribution is 7.13. The number of rotatable bonds is 5. The van der Waals surface area contributed by atoms with Gasteiger partial charge in [-0.2, -0.15) is 5.10 Å². The molecule has 2 rings (SSSR count). The molecule has 8 heteroatoms. The van der Waals surface area contributed by atoms with Crippen LogP contribution < -0.4 is 20.6 Å². The van der Waals surface area contributed by atoms with Gasteiger partial charge in [0.25, 0.3) is 5.91 Å². The summed E-state index contributed by atoms with van der Waals surface area (Å²) < 4.78 is 10.3. The summed E-state index contributed by atoms with van der Waals surface area (Å²) in [6.45, 7) is 1.74. The van der Waals surface area contributed by atoms with Crippen LogP contribution in [0.3, 0.4) is 0 Å². The zero-order valence-electron chi connectivity index (χ0n) is 12.4. The smallest absolute Gasteiger partial charge is 0.271 e. The minimum absolute atomic E-state index is 0.358. The summed E-state index contributed by atoms with van der Waals surface area (Å²) in [7, 11) is 3.04. The number of nitrogens with zero attached hydrogens (tertiary/aromatic N) is 2. The number of carbonyl (C=O) groups excluding carboxylic acids is 1. The second-order valence-electron chi connectivity index (χ2n) is 4.28. The first-order chi connectivity index (χ1) is 10.5. The van der Waals surface area contributed by atoms with Crippen molar-refractivity contribution in [2.45, 2.75) is 6.92 Å². The number of nitrogens with two attached hydrogens (primary N) is 1.